The third kappa shape index (κ3) is 3.33. The molecule has 2 heterocycles. The van der Waals surface area contributed by atoms with Crippen molar-refractivity contribution >= 4 is 28.6 Å². The van der Waals surface area contributed by atoms with Crippen LogP contribution >= 0.6 is 0 Å². The number of fused-ring (bicyclic) bond motifs is 1. The largest absolute Gasteiger partial charge is 0.420 e. The minimum Gasteiger partial charge on any atom is -0.408 e. The Kier molecular flexibility index (Phi) is 4.23. The number of nitrogens with one attached hydrogen (secondary N) is 1. The second-order valence-electron chi connectivity index (χ2n) is 6.37. The number of halogens is 1. The van der Waals surface area contributed by atoms with E-state index in [1.807, 2.05) is 0 Å². The monoisotopic (exact) mass is 369 g/mol. The van der Waals surface area contributed by atoms with Crippen LogP contribution in [0.1, 0.15) is 6.42 Å². The lowest BCUT2D eigenvalue weighted by molar-refractivity contribution is -0.122. The molecular formula is C19H16FN3O4. The number of rotatable bonds is 4. The van der Waals surface area contributed by atoms with Crippen LogP contribution in [0.15, 0.2) is 57.7 Å². The molecule has 8 heteroatoms. The van der Waals surface area contributed by atoms with Crippen molar-refractivity contribution in [1.82, 2.24) is 9.88 Å². The summed E-state index contributed by atoms with van der Waals surface area (Å²) in [4.78, 5) is 38.0. The minimum atomic E-state index is -0.609. The Morgan fingerprint density at radius 1 is 1.15 bits per heavy atom. The van der Waals surface area contributed by atoms with Crippen molar-refractivity contribution in [1.29, 1.82) is 0 Å². The molecule has 0 aliphatic carbocycles. The maximum Gasteiger partial charge on any atom is 0.420 e. The Balaban J connectivity index is 1.44. The Morgan fingerprint density at radius 3 is 2.67 bits per heavy atom. The predicted molar refractivity (Wildman–Crippen MR) is 95.8 cm³/mol. The van der Waals surface area contributed by atoms with Gasteiger partial charge in [-0.1, -0.05) is 12.1 Å². The molecule has 7 nitrogen and oxygen atoms in total. The number of hydrogen-bond acceptors (Lipinski definition) is 4. The molecule has 4 rings (SSSR count). The zero-order chi connectivity index (χ0) is 19.0. The molecular weight excluding hydrogens is 353 g/mol. The smallest absolute Gasteiger partial charge is 0.408 e. The van der Waals surface area contributed by atoms with Gasteiger partial charge in [-0.15, -0.1) is 0 Å². The number of benzene rings is 2. The summed E-state index contributed by atoms with van der Waals surface area (Å²) in [7, 11) is 0. The average Bonchev–Trinajstić information content (AvgIpc) is 3.15. The van der Waals surface area contributed by atoms with Crippen molar-refractivity contribution in [2.24, 2.45) is 0 Å². The number of anilines is 1. The van der Waals surface area contributed by atoms with Gasteiger partial charge in [-0.05, 0) is 36.4 Å². The van der Waals surface area contributed by atoms with Gasteiger partial charge in [0.2, 0.25) is 11.8 Å². The van der Waals surface area contributed by atoms with Gasteiger partial charge < -0.3 is 14.6 Å². The summed E-state index contributed by atoms with van der Waals surface area (Å²) < 4.78 is 19.4. The number of hydrogen-bond donors (Lipinski definition) is 1. The van der Waals surface area contributed by atoms with Gasteiger partial charge >= 0.3 is 5.76 Å². The van der Waals surface area contributed by atoms with Crippen LogP contribution in [0.2, 0.25) is 0 Å². The summed E-state index contributed by atoms with van der Waals surface area (Å²) in [6.45, 7) is 0.0916. The molecule has 1 fully saturated rings. The van der Waals surface area contributed by atoms with Gasteiger partial charge in [-0.3, -0.25) is 14.2 Å². The summed E-state index contributed by atoms with van der Waals surface area (Å²) in [5.41, 5.74) is 1.53. The van der Waals surface area contributed by atoms with E-state index in [0.717, 1.165) is 0 Å². The lowest BCUT2D eigenvalue weighted by atomic mass is 10.2. The number of aromatic nitrogens is 1. The van der Waals surface area contributed by atoms with Crippen LogP contribution in [0.4, 0.5) is 10.1 Å². The van der Waals surface area contributed by atoms with E-state index >= 15 is 0 Å². The maximum absolute atomic E-state index is 13.0. The third-order valence-corrected chi connectivity index (χ3v) is 4.50. The first-order chi connectivity index (χ1) is 13.0. The Bertz CT molecular complexity index is 1070. The molecule has 0 spiro atoms. The molecule has 3 aromatic rings. The molecule has 1 aliphatic heterocycles. The quantitative estimate of drug-likeness (QED) is 0.758. The number of para-hydroxylation sites is 2. The van der Waals surface area contributed by atoms with Crippen molar-refractivity contribution in [2.45, 2.75) is 19.0 Å². The van der Waals surface area contributed by atoms with Gasteiger partial charge in [-0.25, -0.2) is 9.18 Å². The van der Waals surface area contributed by atoms with E-state index in [-0.39, 0.29) is 43.2 Å². The van der Waals surface area contributed by atoms with Gasteiger partial charge in [0.1, 0.15) is 12.4 Å². The molecule has 1 atom stereocenters. The van der Waals surface area contributed by atoms with Crippen LogP contribution in [0.3, 0.4) is 0 Å². The van der Waals surface area contributed by atoms with Gasteiger partial charge in [0.05, 0.1) is 11.6 Å². The van der Waals surface area contributed by atoms with Crippen LogP contribution in [0, 0.1) is 5.82 Å². The van der Waals surface area contributed by atoms with E-state index in [1.165, 1.54) is 33.7 Å². The molecule has 0 unspecified atom stereocenters. The van der Waals surface area contributed by atoms with Crippen molar-refractivity contribution in [3.8, 4) is 0 Å². The second-order valence-corrected chi connectivity index (χ2v) is 6.37. The predicted octanol–water partition coefficient (Wildman–Crippen LogP) is 1.66. The van der Waals surface area contributed by atoms with Crippen LogP contribution in [-0.4, -0.2) is 29.0 Å². The highest BCUT2D eigenvalue weighted by Crippen LogP contribution is 2.22. The fourth-order valence-corrected chi connectivity index (χ4v) is 3.26. The number of nitrogens with zero attached hydrogens (tertiary/aromatic N) is 2. The zero-order valence-corrected chi connectivity index (χ0v) is 14.2. The molecule has 1 aliphatic rings. The zero-order valence-electron chi connectivity index (χ0n) is 14.2. The molecule has 1 N–H and O–H groups in total. The molecule has 1 saturated heterocycles. The topological polar surface area (TPSA) is 84.5 Å². The van der Waals surface area contributed by atoms with E-state index in [1.54, 1.807) is 24.3 Å². The molecule has 1 aromatic heterocycles. The van der Waals surface area contributed by atoms with E-state index in [0.29, 0.717) is 16.8 Å². The second kappa shape index (κ2) is 6.71. The van der Waals surface area contributed by atoms with E-state index in [4.69, 9.17) is 4.42 Å². The molecule has 0 radical (unpaired) electrons. The summed E-state index contributed by atoms with van der Waals surface area (Å²) >= 11 is 0. The molecule has 27 heavy (non-hydrogen) atoms. The standard InChI is InChI=1S/C19H16FN3O4/c20-12-5-7-14(8-6-12)22-10-13(9-18(22)25)21-17(24)11-23-15-3-1-2-4-16(15)27-19(23)26/h1-8,13H,9-11H2,(H,21,24)/t13-/m0/s1. The first kappa shape index (κ1) is 17.0. The van der Waals surface area contributed by atoms with Gasteiger partial charge in [0.15, 0.2) is 5.58 Å². The van der Waals surface area contributed by atoms with E-state index in [9.17, 15) is 18.8 Å². The molecule has 0 bridgehead atoms. The Morgan fingerprint density at radius 2 is 1.89 bits per heavy atom. The average molecular weight is 369 g/mol. The highest BCUT2D eigenvalue weighted by molar-refractivity contribution is 5.96. The summed E-state index contributed by atoms with van der Waals surface area (Å²) in [5.74, 6) is -1.53. The Hall–Kier alpha value is -3.42. The first-order valence-electron chi connectivity index (χ1n) is 8.45. The summed E-state index contributed by atoms with van der Waals surface area (Å²) in [6, 6.07) is 12.1. The third-order valence-electron chi connectivity index (χ3n) is 4.50. The van der Waals surface area contributed by atoms with Crippen molar-refractivity contribution in [2.75, 3.05) is 11.4 Å². The van der Waals surface area contributed by atoms with Crippen LogP contribution in [0.25, 0.3) is 11.1 Å². The fourth-order valence-electron chi connectivity index (χ4n) is 3.26. The molecule has 138 valence electrons. The maximum atomic E-state index is 13.0. The van der Waals surface area contributed by atoms with Crippen LogP contribution < -0.4 is 16.0 Å². The summed E-state index contributed by atoms with van der Waals surface area (Å²) in [6.07, 6.45) is 0.143. The summed E-state index contributed by atoms with van der Waals surface area (Å²) in [5, 5.41) is 2.77. The lowest BCUT2D eigenvalue weighted by Gasteiger charge is -2.17. The minimum absolute atomic E-state index is 0.143. The highest BCUT2D eigenvalue weighted by atomic mass is 19.1. The van der Waals surface area contributed by atoms with Gasteiger partial charge in [0.25, 0.3) is 0 Å². The van der Waals surface area contributed by atoms with Crippen LogP contribution in [-0.2, 0) is 16.1 Å². The Labute approximate surface area is 153 Å². The van der Waals surface area contributed by atoms with E-state index < -0.39 is 5.76 Å². The lowest BCUT2D eigenvalue weighted by Crippen LogP contribution is -2.40. The van der Waals surface area contributed by atoms with Crippen molar-refractivity contribution in [3.63, 3.8) is 0 Å². The highest BCUT2D eigenvalue weighted by Gasteiger charge is 2.31. The molecule has 2 aromatic carbocycles. The van der Waals surface area contributed by atoms with Crippen LogP contribution in [0.5, 0.6) is 0 Å². The first-order valence-corrected chi connectivity index (χ1v) is 8.45. The number of carbonyl (C=O) groups excluding carboxylic acids is 2. The van der Waals surface area contributed by atoms with Crippen molar-refractivity contribution < 1.29 is 18.4 Å². The van der Waals surface area contributed by atoms with E-state index in [2.05, 4.69) is 5.32 Å². The molecule has 2 amide bonds. The number of carbonyl (C=O) groups is 2. The van der Waals surface area contributed by atoms with Gasteiger partial charge in [-0.2, -0.15) is 0 Å². The van der Waals surface area contributed by atoms with Crippen molar-refractivity contribution in [3.05, 3.63) is 64.9 Å². The van der Waals surface area contributed by atoms with Gasteiger partial charge in [0, 0.05) is 18.7 Å². The number of oxazole rings is 1. The SMILES string of the molecule is O=C(Cn1c(=O)oc2ccccc21)N[C@H]1CC(=O)N(c2ccc(F)cc2)C1. The normalized spacial score (nSPS) is 16.9. The number of amides is 2. The fraction of sp³-hybridized carbons (Fsp3) is 0.211. The molecule has 0 saturated carbocycles.